The van der Waals surface area contributed by atoms with Gasteiger partial charge in [-0.1, -0.05) is 32.4 Å². The fraction of sp³-hybridized carbons (Fsp3) is 0.312. The lowest BCUT2D eigenvalue weighted by molar-refractivity contribution is 0.411. The molecule has 21 heavy (non-hydrogen) atoms. The van der Waals surface area contributed by atoms with Crippen molar-refractivity contribution in [3.8, 4) is 16.9 Å². The first-order valence-electron chi connectivity index (χ1n) is 6.51. The van der Waals surface area contributed by atoms with Crippen molar-refractivity contribution in [2.24, 2.45) is 0 Å². The number of pyridine rings is 1. The van der Waals surface area contributed by atoms with Crippen LogP contribution in [0.4, 0.5) is 4.39 Å². The SMILES string of the molecule is COc1c[nH]c(=O)c(C(C)(C)C)c1-c1cc(Cl)ccc1F. The molecule has 0 saturated carbocycles. The first-order valence-corrected chi connectivity index (χ1v) is 6.89. The normalized spacial score (nSPS) is 11.5. The monoisotopic (exact) mass is 309 g/mol. The molecule has 1 aromatic heterocycles. The Balaban J connectivity index is 2.92. The van der Waals surface area contributed by atoms with Crippen LogP contribution in [0.2, 0.25) is 5.02 Å². The summed E-state index contributed by atoms with van der Waals surface area (Å²) in [6, 6.07) is 4.25. The molecule has 1 heterocycles. The molecule has 0 amide bonds. The highest BCUT2D eigenvalue weighted by atomic mass is 35.5. The smallest absolute Gasteiger partial charge is 0.252 e. The second kappa shape index (κ2) is 5.53. The van der Waals surface area contributed by atoms with Gasteiger partial charge in [0.25, 0.3) is 5.56 Å². The molecule has 0 bridgehead atoms. The minimum atomic E-state index is -0.480. The largest absolute Gasteiger partial charge is 0.495 e. The van der Waals surface area contributed by atoms with Gasteiger partial charge < -0.3 is 9.72 Å². The van der Waals surface area contributed by atoms with Gasteiger partial charge in [0.2, 0.25) is 0 Å². The van der Waals surface area contributed by atoms with E-state index in [2.05, 4.69) is 4.98 Å². The molecule has 0 aliphatic rings. The van der Waals surface area contributed by atoms with E-state index in [9.17, 15) is 9.18 Å². The van der Waals surface area contributed by atoms with E-state index < -0.39 is 11.2 Å². The summed E-state index contributed by atoms with van der Waals surface area (Å²) in [6.07, 6.45) is 1.44. The lowest BCUT2D eigenvalue weighted by Gasteiger charge is -2.23. The molecule has 1 N–H and O–H groups in total. The van der Waals surface area contributed by atoms with Gasteiger partial charge in [-0.25, -0.2) is 4.39 Å². The van der Waals surface area contributed by atoms with Crippen LogP contribution in [0, 0.1) is 5.82 Å². The lowest BCUT2D eigenvalue weighted by atomic mass is 9.82. The summed E-state index contributed by atoms with van der Waals surface area (Å²) in [4.78, 5) is 14.9. The van der Waals surface area contributed by atoms with Crippen LogP contribution in [-0.4, -0.2) is 12.1 Å². The molecule has 3 nitrogen and oxygen atoms in total. The fourth-order valence-electron chi connectivity index (χ4n) is 2.35. The van der Waals surface area contributed by atoms with Gasteiger partial charge in [0, 0.05) is 27.9 Å². The molecule has 0 fully saturated rings. The first kappa shape index (κ1) is 15.6. The number of nitrogens with one attached hydrogen (secondary N) is 1. The highest BCUT2D eigenvalue weighted by Crippen LogP contribution is 2.38. The number of aromatic nitrogens is 1. The number of halogens is 2. The van der Waals surface area contributed by atoms with Crippen molar-refractivity contribution >= 4 is 11.6 Å². The Kier molecular flexibility index (Phi) is 4.10. The lowest BCUT2D eigenvalue weighted by Crippen LogP contribution is -2.26. The van der Waals surface area contributed by atoms with Gasteiger partial charge in [0.15, 0.2) is 0 Å². The Morgan fingerprint density at radius 2 is 1.95 bits per heavy atom. The average molecular weight is 310 g/mol. The number of hydrogen-bond donors (Lipinski definition) is 1. The van der Waals surface area contributed by atoms with E-state index in [1.165, 1.54) is 31.5 Å². The first-order chi connectivity index (χ1) is 9.75. The highest BCUT2D eigenvalue weighted by molar-refractivity contribution is 6.30. The molecule has 0 aliphatic heterocycles. The second-order valence-corrected chi connectivity index (χ2v) is 6.25. The summed E-state index contributed by atoms with van der Waals surface area (Å²) in [7, 11) is 1.48. The van der Waals surface area contributed by atoms with Crippen LogP contribution in [0.3, 0.4) is 0 Å². The molecule has 0 aliphatic carbocycles. The number of ether oxygens (including phenoxy) is 1. The zero-order valence-electron chi connectivity index (χ0n) is 12.4. The zero-order valence-corrected chi connectivity index (χ0v) is 13.1. The molecule has 2 aromatic rings. The van der Waals surface area contributed by atoms with E-state index in [0.29, 0.717) is 21.9 Å². The predicted octanol–water partition coefficient (Wildman–Crippen LogP) is 4.14. The summed E-state index contributed by atoms with van der Waals surface area (Å²) in [5.74, 6) is -0.0468. The Morgan fingerprint density at radius 1 is 1.29 bits per heavy atom. The van der Waals surface area contributed by atoms with E-state index in [-0.39, 0.29) is 11.1 Å². The zero-order chi connectivity index (χ0) is 15.8. The molecule has 0 unspecified atom stereocenters. The van der Waals surface area contributed by atoms with Gasteiger partial charge in [-0.15, -0.1) is 0 Å². The number of hydrogen-bond acceptors (Lipinski definition) is 2. The number of rotatable bonds is 2. The van der Waals surface area contributed by atoms with Crippen LogP contribution < -0.4 is 10.3 Å². The van der Waals surface area contributed by atoms with Gasteiger partial charge in [0.1, 0.15) is 11.6 Å². The van der Waals surface area contributed by atoms with Crippen molar-refractivity contribution in [1.82, 2.24) is 4.98 Å². The third-order valence-corrected chi connectivity index (χ3v) is 3.46. The number of aromatic amines is 1. The van der Waals surface area contributed by atoms with E-state index >= 15 is 0 Å². The third kappa shape index (κ3) is 2.95. The maximum absolute atomic E-state index is 14.2. The molecule has 2 rings (SSSR count). The predicted molar refractivity (Wildman–Crippen MR) is 82.7 cm³/mol. The molecule has 5 heteroatoms. The van der Waals surface area contributed by atoms with Crippen LogP contribution in [0.5, 0.6) is 5.75 Å². The highest BCUT2D eigenvalue weighted by Gasteiger charge is 2.27. The van der Waals surface area contributed by atoms with Crippen molar-refractivity contribution in [1.29, 1.82) is 0 Å². The van der Waals surface area contributed by atoms with Crippen LogP contribution in [0.25, 0.3) is 11.1 Å². The van der Waals surface area contributed by atoms with E-state index in [1.807, 2.05) is 20.8 Å². The summed E-state index contributed by atoms with van der Waals surface area (Å²) >= 11 is 5.98. The maximum Gasteiger partial charge on any atom is 0.252 e. The van der Waals surface area contributed by atoms with Crippen LogP contribution in [0.15, 0.2) is 29.2 Å². The van der Waals surface area contributed by atoms with Crippen LogP contribution in [-0.2, 0) is 5.41 Å². The molecule has 0 atom stereocenters. The number of methoxy groups -OCH3 is 1. The minimum Gasteiger partial charge on any atom is -0.495 e. The topological polar surface area (TPSA) is 42.1 Å². The van der Waals surface area contributed by atoms with Gasteiger partial charge in [-0.05, 0) is 23.6 Å². The summed E-state index contributed by atoms with van der Waals surface area (Å²) in [5.41, 5.74) is 0.413. The Bertz CT molecular complexity index is 732. The fourth-order valence-corrected chi connectivity index (χ4v) is 2.52. The Morgan fingerprint density at radius 3 is 2.52 bits per heavy atom. The van der Waals surface area contributed by atoms with E-state index in [1.54, 1.807) is 0 Å². The number of H-pyrrole nitrogens is 1. The molecule has 1 aromatic carbocycles. The van der Waals surface area contributed by atoms with Crippen molar-refractivity contribution in [3.05, 3.63) is 51.2 Å². The number of benzene rings is 1. The minimum absolute atomic E-state index is 0.260. The van der Waals surface area contributed by atoms with Crippen LogP contribution in [0.1, 0.15) is 26.3 Å². The molecule has 112 valence electrons. The van der Waals surface area contributed by atoms with E-state index in [4.69, 9.17) is 16.3 Å². The quantitative estimate of drug-likeness (QED) is 0.906. The summed E-state index contributed by atoms with van der Waals surface area (Å²) < 4.78 is 19.6. The van der Waals surface area contributed by atoms with Crippen LogP contribution >= 0.6 is 11.6 Å². The molecule has 0 saturated heterocycles. The summed E-state index contributed by atoms with van der Waals surface area (Å²) in [6.45, 7) is 5.68. The van der Waals surface area contributed by atoms with Crippen molar-refractivity contribution in [2.45, 2.75) is 26.2 Å². The van der Waals surface area contributed by atoms with Crippen molar-refractivity contribution in [2.75, 3.05) is 7.11 Å². The standard InChI is InChI=1S/C16H17ClFNO2/c1-16(2,3)14-13(12(21-4)8-19-15(14)20)10-7-9(17)5-6-11(10)18/h5-8H,1-4H3,(H,19,20). The second-order valence-electron chi connectivity index (χ2n) is 5.81. The molecule has 0 spiro atoms. The van der Waals surface area contributed by atoms with E-state index in [0.717, 1.165) is 0 Å². The van der Waals surface area contributed by atoms with Crippen molar-refractivity contribution < 1.29 is 9.13 Å². The molecular formula is C16H17ClFNO2. The van der Waals surface area contributed by atoms with Gasteiger partial charge in [-0.3, -0.25) is 4.79 Å². The maximum atomic E-state index is 14.2. The Hall–Kier alpha value is -1.81. The third-order valence-electron chi connectivity index (χ3n) is 3.23. The molecule has 0 radical (unpaired) electrons. The van der Waals surface area contributed by atoms with Gasteiger partial charge >= 0.3 is 0 Å². The van der Waals surface area contributed by atoms with Gasteiger partial charge in [-0.2, -0.15) is 0 Å². The van der Waals surface area contributed by atoms with Crippen molar-refractivity contribution in [3.63, 3.8) is 0 Å². The molecular weight excluding hydrogens is 293 g/mol. The Labute approximate surface area is 127 Å². The average Bonchev–Trinajstić information content (AvgIpc) is 2.39. The van der Waals surface area contributed by atoms with Gasteiger partial charge in [0.05, 0.1) is 7.11 Å². The summed E-state index contributed by atoms with van der Waals surface area (Å²) in [5, 5.41) is 0.397.